The Morgan fingerprint density at radius 1 is 0.365 bits per heavy atom. The van der Waals surface area contributed by atoms with Crippen LogP contribution < -0.4 is 0 Å². The van der Waals surface area contributed by atoms with Gasteiger partial charge in [0.2, 0.25) is 0 Å². The lowest BCUT2D eigenvalue weighted by Crippen LogP contribution is -2.30. The highest BCUT2D eigenvalue weighted by molar-refractivity contribution is 5.71. The highest BCUT2D eigenvalue weighted by Crippen LogP contribution is 2.16. The molecule has 0 heterocycles. The van der Waals surface area contributed by atoms with Crippen LogP contribution in [0.4, 0.5) is 0 Å². The van der Waals surface area contributed by atoms with Crippen molar-refractivity contribution in [2.75, 3.05) is 13.2 Å². The van der Waals surface area contributed by atoms with Gasteiger partial charge in [-0.05, 0) is 31.1 Å². The lowest BCUT2D eigenvalue weighted by Gasteiger charge is -2.18. The number of ether oxygens (including phenoxy) is 3. The van der Waals surface area contributed by atoms with Crippen molar-refractivity contribution in [3.8, 4) is 0 Å². The van der Waals surface area contributed by atoms with E-state index in [1.165, 1.54) is 135 Å². The summed E-state index contributed by atoms with van der Waals surface area (Å²) in [5, 5.41) is 0. The molecule has 0 saturated heterocycles. The van der Waals surface area contributed by atoms with E-state index >= 15 is 0 Å². The molecule has 0 aromatic heterocycles. The number of carbonyl (C=O) groups is 3. The van der Waals surface area contributed by atoms with Crippen molar-refractivity contribution in [2.45, 2.75) is 253 Å². The zero-order chi connectivity index (χ0) is 38.3. The largest absolute Gasteiger partial charge is 0.462 e. The van der Waals surface area contributed by atoms with Crippen molar-refractivity contribution in [1.82, 2.24) is 0 Å². The molecule has 0 aliphatic heterocycles. The molecule has 0 aliphatic rings. The van der Waals surface area contributed by atoms with E-state index in [0.29, 0.717) is 19.3 Å². The van der Waals surface area contributed by atoms with E-state index in [0.717, 1.165) is 69.6 Å². The van der Waals surface area contributed by atoms with Crippen molar-refractivity contribution in [2.24, 2.45) is 11.8 Å². The summed E-state index contributed by atoms with van der Waals surface area (Å²) < 4.78 is 16.7. The molecule has 0 aromatic carbocycles. The number of esters is 3. The van der Waals surface area contributed by atoms with Crippen LogP contribution in [0.5, 0.6) is 0 Å². The van der Waals surface area contributed by atoms with E-state index in [1.54, 1.807) is 0 Å². The fraction of sp³-hybridized carbons (Fsp3) is 0.935. The number of hydrogen-bond donors (Lipinski definition) is 0. The molecule has 0 bridgehead atoms. The summed E-state index contributed by atoms with van der Waals surface area (Å²) in [6.45, 7) is 11.3. The van der Waals surface area contributed by atoms with Crippen LogP contribution in [0.25, 0.3) is 0 Å². The first-order valence-corrected chi connectivity index (χ1v) is 22.7. The molecular weight excluding hydrogens is 648 g/mol. The van der Waals surface area contributed by atoms with Crippen LogP contribution in [0, 0.1) is 11.8 Å². The summed E-state index contributed by atoms with van der Waals surface area (Å²) in [7, 11) is 0. The number of rotatable bonds is 40. The lowest BCUT2D eigenvalue weighted by molar-refractivity contribution is -0.167. The van der Waals surface area contributed by atoms with Crippen molar-refractivity contribution in [1.29, 1.82) is 0 Å². The molecule has 0 aromatic rings. The summed E-state index contributed by atoms with van der Waals surface area (Å²) >= 11 is 0. The average molecular weight is 737 g/mol. The summed E-state index contributed by atoms with van der Waals surface area (Å²) in [5.74, 6) is 0.752. The molecule has 0 rings (SSSR count). The molecule has 6 heteroatoms. The smallest absolute Gasteiger partial charge is 0.306 e. The Balaban J connectivity index is 4.34. The Hall–Kier alpha value is -1.59. The number of unbranched alkanes of at least 4 members (excludes halogenated alkanes) is 25. The van der Waals surface area contributed by atoms with Crippen LogP contribution in [0.3, 0.4) is 0 Å². The van der Waals surface area contributed by atoms with E-state index in [9.17, 15) is 14.4 Å². The van der Waals surface area contributed by atoms with E-state index in [2.05, 4.69) is 34.6 Å². The Bertz CT molecular complexity index is 794. The second kappa shape index (κ2) is 39.1. The Labute approximate surface area is 323 Å². The monoisotopic (exact) mass is 737 g/mol. The first-order chi connectivity index (χ1) is 25.2. The van der Waals surface area contributed by atoms with Crippen LogP contribution >= 0.6 is 0 Å². The molecule has 0 amide bonds. The van der Waals surface area contributed by atoms with Gasteiger partial charge < -0.3 is 14.2 Å². The molecule has 0 aliphatic carbocycles. The first kappa shape index (κ1) is 50.4. The maximum absolute atomic E-state index is 12.7. The maximum Gasteiger partial charge on any atom is 0.306 e. The molecule has 0 radical (unpaired) electrons. The second-order valence-corrected chi connectivity index (χ2v) is 16.6. The minimum atomic E-state index is -0.760. The fourth-order valence-corrected chi connectivity index (χ4v) is 6.75. The predicted octanol–water partition coefficient (Wildman–Crippen LogP) is 14.2. The van der Waals surface area contributed by atoms with Gasteiger partial charge in [0, 0.05) is 19.3 Å². The molecule has 0 N–H and O–H groups in total. The molecule has 0 unspecified atom stereocenters. The third-order valence-electron chi connectivity index (χ3n) is 10.2. The highest BCUT2D eigenvalue weighted by atomic mass is 16.6. The van der Waals surface area contributed by atoms with Crippen molar-refractivity contribution >= 4 is 17.9 Å². The first-order valence-electron chi connectivity index (χ1n) is 22.7. The molecule has 308 valence electrons. The van der Waals surface area contributed by atoms with Crippen molar-refractivity contribution < 1.29 is 28.6 Å². The minimum Gasteiger partial charge on any atom is -0.462 e. The average Bonchev–Trinajstić information content (AvgIpc) is 3.11. The van der Waals surface area contributed by atoms with Crippen molar-refractivity contribution in [3.63, 3.8) is 0 Å². The topological polar surface area (TPSA) is 78.9 Å². The van der Waals surface area contributed by atoms with Gasteiger partial charge >= 0.3 is 17.9 Å². The summed E-state index contributed by atoms with van der Waals surface area (Å²) in [6.07, 6.45) is 36.6. The Kier molecular flexibility index (Phi) is 37.9. The molecule has 1 atom stereocenters. The van der Waals surface area contributed by atoms with E-state index in [-0.39, 0.29) is 31.1 Å². The van der Waals surface area contributed by atoms with Gasteiger partial charge in [-0.25, -0.2) is 0 Å². The standard InChI is InChI=1S/C46H88O6/c1-6-7-8-9-10-11-15-21-26-31-36-44(47)50-39-43(40-51-45(48)37-32-27-22-18-17-20-25-30-35-42(4)5)52-46(49)38-33-28-23-16-13-12-14-19-24-29-34-41(2)3/h41-43H,6-40H2,1-5H3/t43-/m0/s1. The van der Waals surface area contributed by atoms with E-state index < -0.39 is 6.10 Å². The number of carbonyl (C=O) groups excluding carboxylic acids is 3. The normalized spacial score (nSPS) is 12.1. The molecule has 0 fully saturated rings. The highest BCUT2D eigenvalue weighted by Gasteiger charge is 2.19. The number of hydrogen-bond acceptors (Lipinski definition) is 6. The van der Waals surface area contributed by atoms with Gasteiger partial charge in [-0.2, -0.15) is 0 Å². The van der Waals surface area contributed by atoms with Crippen LogP contribution in [0.1, 0.15) is 247 Å². The van der Waals surface area contributed by atoms with Crippen LogP contribution in [-0.2, 0) is 28.6 Å². The van der Waals surface area contributed by atoms with Gasteiger partial charge in [0.05, 0.1) is 0 Å². The maximum atomic E-state index is 12.7. The summed E-state index contributed by atoms with van der Waals surface area (Å²) in [4.78, 5) is 37.7. The quantitative estimate of drug-likeness (QED) is 0.0354. The molecule has 0 saturated carbocycles. The zero-order valence-corrected chi connectivity index (χ0v) is 35.4. The fourth-order valence-electron chi connectivity index (χ4n) is 6.75. The predicted molar refractivity (Wildman–Crippen MR) is 220 cm³/mol. The second-order valence-electron chi connectivity index (χ2n) is 16.6. The van der Waals surface area contributed by atoms with Crippen LogP contribution in [0.15, 0.2) is 0 Å². The van der Waals surface area contributed by atoms with Gasteiger partial charge in [0.1, 0.15) is 13.2 Å². The Morgan fingerprint density at radius 3 is 0.942 bits per heavy atom. The van der Waals surface area contributed by atoms with Gasteiger partial charge in [-0.1, -0.05) is 208 Å². The Morgan fingerprint density at radius 2 is 0.635 bits per heavy atom. The van der Waals surface area contributed by atoms with Gasteiger partial charge in [-0.15, -0.1) is 0 Å². The summed E-state index contributed by atoms with van der Waals surface area (Å²) in [5.41, 5.74) is 0. The van der Waals surface area contributed by atoms with Crippen LogP contribution in [-0.4, -0.2) is 37.2 Å². The van der Waals surface area contributed by atoms with Crippen molar-refractivity contribution in [3.05, 3.63) is 0 Å². The SMILES string of the molecule is CCCCCCCCCCCCC(=O)OC[C@@H](COC(=O)CCCCCCCCCCC(C)C)OC(=O)CCCCCCCCCCCCC(C)C. The third-order valence-corrected chi connectivity index (χ3v) is 10.2. The van der Waals surface area contributed by atoms with Gasteiger partial charge in [0.25, 0.3) is 0 Å². The summed E-state index contributed by atoms with van der Waals surface area (Å²) in [6, 6.07) is 0. The van der Waals surface area contributed by atoms with E-state index in [4.69, 9.17) is 14.2 Å². The van der Waals surface area contributed by atoms with Crippen LogP contribution in [0.2, 0.25) is 0 Å². The zero-order valence-electron chi connectivity index (χ0n) is 35.4. The lowest BCUT2D eigenvalue weighted by atomic mass is 10.0. The molecule has 6 nitrogen and oxygen atoms in total. The molecule has 0 spiro atoms. The third kappa shape index (κ3) is 39.6. The van der Waals surface area contributed by atoms with Gasteiger partial charge in [0.15, 0.2) is 6.10 Å². The molecule has 52 heavy (non-hydrogen) atoms. The van der Waals surface area contributed by atoms with E-state index in [1.807, 2.05) is 0 Å². The molecular formula is C46H88O6. The minimum absolute atomic E-state index is 0.0652. The van der Waals surface area contributed by atoms with Gasteiger partial charge in [-0.3, -0.25) is 14.4 Å².